The van der Waals surface area contributed by atoms with Crippen LogP contribution in [0.15, 0.2) is 21.8 Å². The Hall–Kier alpha value is -2.14. The topological polar surface area (TPSA) is 77.6 Å². The average molecular weight is 337 g/mol. The normalized spacial score (nSPS) is 11.9. The maximum Gasteiger partial charge on any atom is 0.284 e. The molecular weight excluding hydrogens is 324 g/mol. The summed E-state index contributed by atoms with van der Waals surface area (Å²) in [4.78, 5) is 12.0. The van der Waals surface area contributed by atoms with Gasteiger partial charge in [0.05, 0.1) is 17.9 Å². The molecule has 0 saturated heterocycles. The van der Waals surface area contributed by atoms with E-state index in [9.17, 15) is 4.79 Å². The fourth-order valence-electron chi connectivity index (χ4n) is 1.75. The first kappa shape index (κ1) is 14.3. The van der Waals surface area contributed by atoms with Crippen molar-refractivity contribution >= 4 is 21.6 Å². The van der Waals surface area contributed by atoms with Crippen LogP contribution < -0.4 is 10.9 Å². The van der Waals surface area contributed by atoms with Gasteiger partial charge in [-0.2, -0.15) is 5.10 Å². The van der Waals surface area contributed by atoms with Crippen molar-refractivity contribution in [2.24, 2.45) is 7.05 Å². The second kappa shape index (κ2) is 5.88. The smallest absolute Gasteiger partial charge is 0.284 e. The number of anilines is 1. The second-order valence-corrected chi connectivity index (χ2v) is 5.00. The first-order chi connectivity index (χ1) is 9.54. The molecule has 0 aliphatic heterocycles. The summed E-state index contributed by atoms with van der Waals surface area (Å²) in [6.07, 6.45) is 8.35. The molecule has 20 heavy (non-hydrogen) atoms. The Bertz CT molecular complexity index is 713. The summed E-state index contributed by atoms with van der Waals surface area (Å²) in [6, 6.07) is -0.122. The van der Waals surface area contributed by atoms with Crippen LogP contribution in [0.3, 0.4) is 0 Å². The predicted molar refractivity (Wildman–Crippen MR) is 78.1 cm³/mol. The van der Waals surface area contributed by atoms with Crippen LogP contribution >= 0.6 is 15.9 Å². The minimum absolute atomic E-state index is 0.122. The van der Waals surface area contributed by atoms with Gasteiger partial charge in [-0.15, -0.1) is 16.6 Å². The van der Waals surface area contributed by atoms with Gasteiger partial charge >= 0.3 is 0 Å². The summed E-state index contributed by atoms with van der Waals surface area (Å²) < 4.78 is 3.40. The van der Waals surface area contributed by atoms with Crippen molar-refractivity contribution in [1.29, 1.82) is 0 Å². The van der Waals surface area contributed by atoms with E-state index in [1.807, 2.05) is 14.0 Å². The maximum atomic E-state index is 12.0. The molecular formula is C12H13BrN6O. The van der Waals surface area contributed by atoms with Gasteiger partial charge in [0.25, 0.3) is 5.56 Å². The minimum Gasteiger partial charge on any atom is -0.373 e. The van der Waals surface area contributed by atoms with E-state index < -0.39 is 0 Å². The Balaban J connectivity index is 2.27. The van der Waals surface area contributed by atoms with Crippen molar-refractivity contribution in [3.8, 4) is 12.3 Å². The number of halogens is 1. The molecule has 0 aromatic carbocycles. The van der Waals surface area contributed by atoms with E-state index in [1.165, 1.54) is 4.68 Å². The first-order valence-corrected chi connectivity index (χ1v) is 6.63. The van der Waals surface area contributed by atoms with E-state index in [4.69, 9.17) is 6.42 Å². The minimum atomic E-state index is -0.280. The van der Waals surface area contributed by atoms with Gasteiger partial charge in [0, 0.05) is 7.05 Å². The number of hydrogen-bond donors (Lipinski definition) is 1. The Morgan fingerprint density at radius 1 is 1.60 bits per heavy atom. The van der Waals surface area contributed by atoms with Crippen LogP contribution in [0.5, 0.6) is 0 Å². The third-order valence-corrected chi connectivity index (χ3v) is 3.50. The Kier molecular flexibility index (Phi) is 4.20. The molecule has 8 heteroatoms. The summed E-state index contributed by atoms with van der Waals surface area (Å²) in [5, 5.41) is 15.0. The van der Waals surface area contributed by atoms with Gasteiger partial charge in [-0.3, -0.25) is 4.79 Å². The molecule has 0 saturated carbocycles. The van der Waals surface area contributed by atoms with Crippen LogP contribution in [0, 0.1) is 12.3 Å². The number of aryl methyl sites for hydroxylation is 1. The van der Waals surface area contributed by atoms with Gasteiger partial charge in [-0.25, -0.2) is 4.68 Å². The van der Waals surface area contributed by atoms with E-state index in [0.29, 0.717) is 10.2 Å². The summed E-state index contributed by atoms with van der Waals surface area (Å²) in [5.74, 6) is 3.13. The van der Waals surface area contributed by atoms with E-state index in [1.54, 1.807) is 17.1 Å². The van der Waals surface area contributed by atoms with Crippen LogP contribution in [0.4, 0.5) is 5.69 Å². The van der Waals surface area contributed by atoms with Crippen molar-refractivity contribution in [3.05, 3.63) is 33.2 Å². The number of terminal acetylenes is 1. The van der Waals surface area contributed by atoms with Crippen LogP contribution in [0.1, 0.15) is 18.8 Å². The summed E-state index contributed by atoms with van der Waals surface area (Å²) in [6.45, 7) is 2.06. The third kappa shape index (κ3) is 2.72. The number of rotatable bonds is 4. The van der Waals surface area contributed by atoms with Gasteiger partial charge in [0.1, 0.15) is 17.3 Å². The lowest BCUT2D eigenvalue weighted by Gasteiger charge is -2.15. The van der Waals surface area contributed by atoms with Crippen LogP contribution in [0.2, 0.25) is 0 Å². The zero-order chi connectivity index (χ0) is 14.7. The zero-order valence-corrected chi connectivity index (χ0v) is 12.6. The maximum absolute atomic E-state index is 12.0. The molecule has 1 N–H and O–H groups in total. The molecule has 2 heterocycles. The molecule has 2 rings (SSSR count). The van der Waals surface area contributed by atoms with E-state index in [-0.39, 0.29) is 18.1 Å². The lowest BCUT2D eigenvalue weighted by Crippen LogP contribution is -2.24. The van der Waals surface area contributed by atoms with Gasteiger partial charge in [0.2, 0.25) is 0 Å². The summed E-state index contributed by atoms with van der Waals surface area (Å²) >= 11 is 3.26. The first-order valence-electron chi connectivity index (χ1n) is 5.84. The molecule has 2 aromatic rings. The highest BCUT2D eigenvalue weighted by Crippen LogP contribution is 2.21. The highest BCUT2D eigenvalue weighted by molar-refractivity contribution is 9.10. The van der Waals surface area contributed by atoms with Crippen molar-refractivity contribution in [1.82, 2.24) is 24.5 Å². The van der Waals surface area contributed by atoms with Gasteiger partial charge in [-0.05, 0) is 22.9 Å². The predicted octanol–water partition coefficient (Wildman–Crippen LogP) is 0.941. The molecule has 0 aliphatic rings. The molecule has 2 aromatic heterocycles. The quantitative estimate of drug-likeness (QED) is 0.841. The fourth-order valence-corrected chi connectivity index (χ4v) is 2.17. The molecule has 0 fully saturated rings. The zero-order valence-electron chi connectivity index (χ0n) is 11.0. The van der Waals surface area contributed by atoms with Gasteiger partial charge < -0.3 is 9.88 Å². The average Bonchev–Trinajstić information content (AvgIpc) is 2.85. The van der Waals surface area contributed by atoms with Gasteiger partial charge in [-0.1, -0.05) is 5.92 Å². The fraction of sp³-hybridized carbons (Fsp3) is 0.333. The van der Waals surface area contributed by atoms with E-state index >= 15 is 0 Å². The second-order valence-electron chi connectivity index (χ2n) is 4.21. The van der Waals surface area contributed by atoms with E-state index in [0.717, 1.165) is 5.82 Å². The molecule has 0 aliphatic carbocycles. The van der Waals surface area contributed by atoms with E-state index in [2.05, 4.69) is 42.5 Å². The number of aromatic nitrogens is 5. The largest absolute Gasteiger partial charge is 0.373 e. The monoisotopic (exact) mass is 336 g/mol. The number of nitrogens with one attached hydrogen (secondary N) is 1. The van der Waals surface area contributed by atoms with Gasteiger partial charge in [0.15, 0.2) is 5.82 Å². The number of nitrogens with zero attached hydrogens (tertiary/aromatic N) is 5. The van der Waals surface area contributed by atoms with Crippen molar-refractivity contribution in [3.63, 3.8) is 0 Å². The van der Waals surface area contributed by atoms with Crippen molar-refractivity contribution in [2.75, 3.05) is 5.32 Å². The molecule has 0 radical (unpaired) electrons. The Morgan fingerprint density at radius 2 is 2.35 bits per heavy atom. The SMILES string of the molecule is C#CCn1ncc(NC(C)c2nncn2C)c(Br)c1=O. The van der Waals surface area contributed by atoms with Crippen LogP contribution in [0.25, 0.3) is 0 Å². The standard InChI is InChI=1S/C12H13BrN6O/c1-4-5-19-12(20)10(13)9(6-15-19)16-8(2)11-17-14-7-18(11)3/h1,6-8,16H,5H2,2-3H3. The number of hydrogen-bond acceptors (Lipinski definition) is 5. The lowest BCUT2D eigenvalue weighted by molar-refractivity contribution is 0.655. The van der Waals surface area contributed by atoms with Crippen LogP contribution in [-0.4, -0.2) is 24.5 Å². The molecule has 0 bridgehead atoms. The molecule has 1 atom stereocenters. The Morgan fingerprint density at radius 3 is 2.95 bits per heavy atom. The highest BCUT2D eigenvalue weighted by Gasteiger charge is 2.15. The third-order valence-electron chi connectivity index (χ3n) is 2.73. The van der Waals surface area contributed by atoms with Crippen molar-refractivity contribution in [2.45, 2.75) is 19.5 Å². The van der Waals surface area contributed by atoms with Crippen molar-refractivity contribution < 1.29 is 0 Å². The summed E-state index contributed by atoms with van der Waals surface area (Å²) in [7, 11) is 1.85. The molecule has 0 spiro atoms. The highest BCUT2D eigenvalue weighted by atomic mass is 79.9. The molecule has 0 amide bonds. The lowest BCUT2D eigenvalue weighted by atomic mass is 10.3. The molecule has 7 nitrogen and oxygen atoms in total. The Labute approximate surface area is 124 Å². The molecule has 104 valence electrons. The summed E-state index contributed by atoms with van der Waals surface area (Å²) in [5.41, 5.74) is 0.303. The van der Waals surface area contributed by atoms with Crippen LogP contribution in [-0.2, 0) is 13.6 Å². The molecule has 1 unspecified atom stereocenters.